The number of aliphatic hydroxyl groups excluding tert-OH is 1. The van der Waals surface area contributed by atoms with Crippen LogP contribution in [0.3, 0.4) is 0 Å². The zero-order valence-corrected chi connectivity index (χ0v) is 13.0. The maximum absolute atomic E-state index is 10.4. The Morgan fingerprint density at radius 3 is 2.27 bits per heavy atom. The third-order valence-electron chi connectivity index (χ3n) is 3.29. The molecule has 2 unspecified atom stereocenters. The fourth-order valence-corrected chi connectivity index (χ4v) is 2.29. The van der Waals surface area contributed by atoms with Gasteiger partial charge in [0.05, 0.1) is 6.61 Å². The molecule has 2 rings (SSSR count). The lowest BCUT2D eigenvalue weighted by Gasteiger charge is -2.25. The topological polar surface area (TPSA) is 50.7 Å². The van der Waals surface area contributed by atoms with Gasteiger partial charge in [-0.1, -0.05) is 42.5 Å². The van der Waals surface area contributed by atoms with E-state index in [0.29, 0.717) is 24.7 Å². The van der Waals surface area contributed by atoms with Gasteiger partial charge in [-0.3, -0.25) is 0 Å². The molecule has 0 heterocycles. The predicted octanol–water partition coefficient (Wildman–Crippen LogP) is 2.79. The van der Waals surface area contributed by atoms with Crippen LogP contribution in [0.5, 0.6) is 11.5 Å². The maximum Gasteiger partial charge on any atom is 0.162 e. The summed E-state index contributed by atoms with van der Waals surface area (Å²) < 4.78 is 11.7. The molecule has 0 aliphatic rings. The summed E-state index contributed by atoms with van der Waals surface area (Å²) in [6.45, 7) is 2.94. The van der Waals surface area contributed by atoms with Crippen LogP contribution in [0.4, 0.5) is 0 Å². The van der Waals surface area contributed by atoms with Gasteiger partial charge in [-0.25, -0.2) is 0 Å². The summed E-state index contributed by atoms with van der Waals surface area (Å²) in [7, 11) is 1.80. The van der Waals surface area contributed by atoms with E-state index in [2.05, 4.69) is 5.32 Å². The first-order chi connectivity index (χ1) is 10.8. The summed E-state index contributed by atoms with van der Waals surface area (Å²) in [6, 6.07) is 17.2. The number of aliphatic hydroxyl groups is 1. The SMILES string of the molecule is CCOc1ccccc1OC(c1ccccc1)C(O)CNC. The van der Waals surface area contributed by atoms with Crippen molar-refractivity contribution in [3.8, 4) is 11.5 Å². The molecule has 0 aliphatic heterocycles. The molecule has 0 spiro atoms. The number of para-hydroxylation sites is 2. The van der Waals surface area contributed by atoms with Crippen molar-refractivity contribution in [2.24, 2.45) is 0 Å². The number of nitrogens with one attached hydrogen (secondary N) is 1. The minimum absolute atomic E-state index is 0.441. The van der Waals surface area contributed by atoms with Gasteiger partial charge < -0.3 is 19.9 Å². The Balaban J connectivity index is 2.27. The highest BCUT2D eigenvalue weighted by atomic mass is 16.5. The highest BCUT2D eigenvalue weighted by Gasteiger charge is 2.23. The Labute approximate surface area is 131 Å². The number of likely N-dealkylation sites (N-methyl/N-ethyl adjacent to an activating group) is 1. The minimum Gasteiger partial charge on any atom is -0.490 e. The first kappa shape index (κ1) is 16.3. The largest absolute Gasteiger partial charge is 0.490 e. The third kappa shape index (κ3) is 4.23. The molecule has 0 fully saturated rings. The summed E-state index contributed by atoms with van der Waals surface area (Å²) in [5.74, 6) is 1.32. The zero-order chi connectivity index (χ0) is 15.8. The van der Waals surface area contributed by atoms with Gasteiger partial charge in [0.1, 0.15) is 6.10 Å². The fourth-order valence-electron chi connectivity index (χ4n) is 2.29. The Morgan fingerprint density at radius 1 is 1.00 bits per heavy atom. The van der Waals surface area contributed by atoms with Crippen LogP contribution in [0.25, 0.3) is 0 Å². The van der Waals surface area contributed by atoms with E-state index in [1.165, 1.54) is 0 Å². The Hall–Kier alpha value is -2.04. The Bertz CT molecular complexity index is 559. The van der Waals surface area contributed by atoms with Crippen LogP contribution in [-0.2, 0) is 0 Å². The molecule has 118 valence electrons. The summed E-state index contributed by atoms with van der Waals surface area (Å²) >= 11 is 0. The molecule has 4 heteroatoms. The molecule has 22 heavy (non-hydrogen) atoms. The zero-order valence-electron chi connectivity index (χ0n) is 13.0. The van der Waals surface area contributed by atoms with Crippen molar-refractivity contribution in [1.29, 1.82) is 0 Å². The van der Waals surface area contributed by atoms with Gasteiger partial charge in [0.15, 0.2) is 17.6 Å². The minimum atomic E-state index is -0.665. The average Bonchev–Trinajstić information content (AvgIpc) is 2.55. The molecule has 2 N–H and O–H groups in total. The van der Waals surface area contributed by atoms with Crippen molar-refractivity contribution in [3.05, 3.63) is 60.2 Å². The highest BCUT2D eigenvalue weighted by Crippen LogP contribution is 2.32. The third-order valence-corrected chi connectivity index (χ3v) is 3.29. The lowest BCUT2D eigenvalue weighted by atomic mass is 10.0. The first-order valence-corrected chi connectivity index (χ1v) is 7.52. The average molecular weight is 301 g/mol. The maximum atomic E-state index is 10.4. The van der Waals surface area contributed by atoms with Crippen molar-refractivity contribution in [2.75, 3.05) is 20.2 Å². The monoisotopic (exact) mass is 301 g/mol. The number of benzene rings is 2. The fraction of sp³-hybridized carbons (Fsp3) is 0.333. The van der Waals surface area contributed by atoms with Gasteiger partial charge in [-0.15, -0.1) is 0 Å². The molecule has 2 atom stereocenters. The second-order valence-corrected chi connectivity index (χ2v) is 4.95. The molecule has 0 amide bonds. The highest BCUT2D eigenvalue weighted by molar-refractivity contribution is 5.40. The van der Waals surface area contributed by atoms with E-state index in [1.807, 2.05) is 61.5 Å². The van der Waals surface area contributed by atoms with Gasteiger partial charge >= 0.3 is 0 Å². The summed E-state index contributed by atoms with van der Waals surface area (Å²) in [4.78, 5) is 0. The summed E-state index contributed by atoms with van der Waals surface area (Å²) in [5.41, 5.74) is 0.927. The number of rotatable bonds is 8. The Morgan fingerprint density at radius 2 is 1.64 bits per heavy atom. The smallest absolute Gasteiger partial charge is 0.162 e. The van der Waals surface area contributed by atoms with Crippen molar-refractivity contribution in [3.63, 3.8) is 0 Å². The molecule has 2 aromatic carbocycles. The molecule has 4 nitrogen and oxygen atoms in total. The molecule has 0 saturated heterocycles. The number of hydrogen-bond donors (Lipinski definition) is 2. The van der Waals surface area contributed by atoms with Gasteiger partial charge in [0.2, 0.25) is 0 Å². The van der Waals surface area contributed by atoms with Crippen molar-refractivity contribution in [1.82, 2.24) is 5.32 Å². The molecular formula is C18H23NO3. The lowest BCUT2D eigenvalue weighted by molar-refractivity contribution is 0.0351. The summed E-state index contributed by atoms with van der Waals surface area (Å²) in [6.07, 6.45) is -1.13. The van der Waals surface area contributed by atoms with Gasteiger partial charge in [-0.05, 0) is 31.7 Å². The van der Waals surface area contributed by atoms with E-state index < -0.39 is 12.2 Å². The van der Waals surface area contributed by atoms with E-state index in [1.54, 1.807) is 7.05 Å². The van der Waals surface area contributed by atoms with Gasteiger partial charge in [0.25, 0.3) is 0 Å². The van der Waals surface area contributed by atoms with Crippen molar-refractivity contribution in [2.45, 2.75) is 19.1 Å². The van der Waals surface area contributed by atoms with E-state index in [9.17, 15) is 5.11 Å². The number of hydrogen-bond acceptors (Lipinski definition) is 4. The molecule has 2 aromatic rings. The van der Waals surface area contributed by atoms with E-state index in [-0.39, 0.29) is 0 Å². The normalized spacial score (nSPS) is 13.4. The molecule has 0 saturated carbocycles. The van der Waals surface area contributed by atoms with Gasteiger partial charge in [0, 0.05) is 6.54 Å². The van der Waals surface area contributed by atoms with Crippen LogP contribution in [0.1, 0.15) is 18.6 Å². The van der Waals surface area contributed by atoms with Crippen LogP contribution < -0.4 is 14.8 Å². The van der Waals surface area contributed by atoms with E-state index >= 15 is 0 Å². The Kier molecular flexibility index (Phi) is 6.25. The lowest BCUT2D eigenvalue weighted by Crippen LogP contribution is -2.32. The van der Waals surface area contributed by atoms with Crippen LogP contribution in [0.15, 0.2) is 54.6 Å². The van der Waals surface area contributed by atoms with Crippen LogP contribution in [0, 0.1) is 0 Å². The van der Waals surface area contributed by atoms with E-state index in [0.717, 1.165) is 5.56 Å². The van der Waals surface area contributed by atoms with Gasteiger partial charge in [-0.2, -0.15) is 0 Å². The molecule has 0 aliphatic carbocycles. The first-order valence-electron chi connectivity index (χ1n) is 7.52. The standard InChI is InChI=1S/C18H23NO3/c1-3-21-16-11-7-8-12-17(16)22-18(15(20)13-19-2)14-9-5-4-6-10-14/h4-12,15,18-20H,3,13H2,1-2H3. The summed E-state index contributed by atoms with van der Waals surface area (Å²) in [5, 5.41) is 13.4. The second kappa shape index (κ2) is 8.41. The van der Waals surface area contributed by atoms with E-state index in [4.69, 9.17) is 9.47 Å². The quantitative estimate of drug-likeness (QED) is 0.787. The number of ether oxygens (including phenoxy) is 2. The molecular weight excluding hydrogens is 278 g/mol. The second-order valence-electron chi connectivity index (χ2n) is 4.95. The van der Waals surface area contributed by atoms with Crippen LogP contribution >= 0.6 is 0 Å². The van der Waals surface area contributed by atoms with Crippen molar-refractivity contribution < 1.29 is 14.6 Å². The molecule has 0 radical (unpaired) electrons. The molecule has 0 bridgehead atoms. The molecule has 0 aromatic heterocycles. The van der Waals surface area contributed by atoms with Crippen LogP contribution in [0.2, 0.25) is 0 Å². The van der Waals surface area contributed by atoms with Crippen molar-refractivity contribution >= 4 is 0 Å². The van der Waals surface area contributed by atoms with Crippen LogP contribution in [-0.4, -0.2) is 31.4 Å². The predicted molar refractivity (Wildman–Crippen MR) is 87.4 cm³/mol.